The summed E-state index contributed by atoms with van der Waals surface area (Å²) in [6, 6.07) is 7.04. The fourth-order valence-electron chi connectivity index (χ4n) is 2.82. The van der Waals surface area contributed by atoms with E-state index < -0.39 is 0 Å². The fraction of sp³-hybridized carbons (Fsp3) is 0.471. The number of hydrogen-bond donors (Lipinski definition) is 1. The summed E-state index contributed by atoms with van der Waals surface area (Å²) in [7, 11) is 1.97. The number of aromatic nitrogens is 2. The smallest absolute Gasteiger partial charge is 0.123 e. The molecule has 114 valence electrons. The largest absolute Gasteiger partial charge is 0.310 e. The van der Waals surface area contributed by atoms with Gasteiger partial charge in [0.25, 0.3) is 0 Å². The molecule has 1 aromatic carbocycles. The lowest BCUT2D eigenvalue weighted by molar-refractivity contribution is 0.510. The minimum absolute atomic E-state index is 0.171. The van der Waals surface area contributed by atoms with Gasteiger partial charge in [-0.25, -0.2) is 4.39 Å². The molecule has 1 atom stereocenters. The number of aryl methyl sites for hydroxylation is 2. The zero-order chi connectivity index (χ0) is 15.4. The molecule has 0 amide bonds. The van der Waals surface area contributed by atoms with Crippen LogP contribution in [0, 0.1) is 19.7 Å². The Balaban J connectivity index is 2.13. The van der Waals surface area contributed by atoms with Crippen LogP contribution in [0.15, 0.2) is 24.3 Å². The average Bonchev–Trinajstić information content (AvgIpc) is 2.69. The summed E-state index contributed by atoms with van der Waals surface area (Å²) < 4.78 is 15.3. The summed E-state index contributed by atoms with van der Waals surface area (Å²) in [5, 5.41) is 7.91. The van der Waals surface area contributed by atoms with Gasteiger partial charge in [0.1, 0.15) is 5.82 Å². The average molecular weight is 289 g/mol. The van der Waals surface area contributed by atoms with E-state index in [1.54, 1.807) is 12.1 Å². The van der Waals surface area contributed by atoms with Crippen molar-refractivity contribution >= 4 is 0 Å². The van der Waals surface area contributed by atoms with E-state index in [9.17, 15) is 4.39 Å². The van der Waals surface area contributed by atoms with Gasteiger partial charge in [-0.3, -0.25) is 4.68 Å². The van der Waals surface area contributed by atoms with Crippen LogP contribution in [0.25, 0.3) is 0 Å². The van der Waals surface area contributed by atoms with Crippen LogP contribution in [0.1, 0.15) is 41.9 Å². The highest BCUT2D eigenvalue weighted by molar-refractivity contribution is 5.26. The van der Waals surface area contributed by atoms with Gasteiger partial charge in [0.2, 0.25) is 0 Å². The monoisotopic (exact) mass is 289 g/mol. The first-order chi connectivity index (χ1) is 10.0. The lowest BCUT2D eigenvalue weighted by Gasteiger charge is -2.18. The van der Waals surface area contributed by atoms with Crippen LogP contribution >= 0.6 is 0 Å². The van der Waals surface area contributed by atoms with E-state index in [4.69, 9.17) is 0 Å². The molecule has 0 fully saturated rings. The molecular weight excluding hydrogens is 265 g/mol. The third-order valence-electron chi connectivity index (χ3n) is 4.04. The van der Waals surface area contributed by atoms with Crippen LogP contribution in [0.3, 0.4) is 0 Å². The van der Waals surface area contributed by atoms with E-state index in [-0.39, 0.29) is 11.9 Å². The van der Waals surface area contributed by atoms with Crippen LogP contribution in [0.5, 0.6) is 0 Å². The van der Waals surface area contributed by atoms with Crippen LogP contribution < -0.4 is 5.32 Å². The first kappa shape index (κ1) is 15.7. The molecule has 1 unspecified atom stereocenters. The van der Waals surface area contributed by atoms with E-state index in [1.165, 1.54) is 17.3 Å². The number of hydrogen-bond acceptors (Lipinski definition) is 2. The van der Waals surface area contributed by atoms with Gasteiger partial charge in [-0.1, -0.05) is 19.1 Å². The molecule has 3 nitrogen and oxygen atoms in total. The van der Waals surface area contributed by atoms with Crippen molar-refractivity contribution in [2.24, 2.45) is 7.05 Å². The minimum atomic E-state index is -0.177. The summed E-state index contributed by atoms with van der Waals surface area (Å²) in [4.78, 5) is 0. The van der Waals surface area contributed by atoms with Crippen LogP contribution in [0.4, 0.5) is 4.39 Å². The molecule has 2 rings (SSSR count). The third-order valence-corrected chi connectivity index (χ3v) is 4.04. The summed E-state index contributed by atoms with van der Waals surface area (Å²) in [5.74, 6) is -0.177. The number of nitrogens with zero attached hydrogens (tertiary/aromatic N) is 2. The van der Waals surface area contributed by atoms with Crippen LogP contribution in [0.2, 0.25) is 0 Å². The van der Waals surface area contributed by atoms with E-state index in [1.807, 2.05) is 24.7 Å². The van der Waals surface area contributed by atoms with Gasteiger partial charge in [0, 0.05) is 18.8 Å². The van der Waals surface area contributed by atoms with Gasteiger partial charge in [0.05, 0.1) is 5.69 Å². The molecule has 4 heteroatoms. The first-order valence-corrected chi connectivity index (χ1v) is 7.50. The van der Waals surface area contributed by atoms with Crippen molar-refractivity contribution < 1.29 is 4.39 Å². The fourth-order valence-corrected chi connectivity index (χ4v) is 2.82. The maximum atomic E-state index is 13.4. The minimum Gasteiger partial charge on any atom is -0.310 e. The highest BCUT2D eigenvalue weighted by atomic mass is 19.1. The number of benzene rings is 1. The van der Waals surface area contributed by atoms with Crippen molar-refractivity contribution in [1.82, 2.24) is 15.1 Å². The van der Waals surface area contributed by atoms with Gasteiger partial charge in [-0.15, -0.1) is 0 Å². The second kappa shape index (κ2) is 6.85. The second-order valence-corrected chi connectivity index (χ2v) is 5.48. The summed E-state index contributed by atoms with van der Waals surface area (Å²) in [6.07, 6.45) is 1.88. The third kappa shape index (κ3) is 3.70. The van der Waals surface area contributed by atoms with Gasteiger partial charge >= 0.3 is 0 Å². The van der Waals surface area contributed by atoms with Crippen molar-refractivity contribution in [2.45, 2.75) is 39.7 Å². The van der Waals surface area contributed by atoms with Gasteiger partial charge in [-0.2, -0.15) is 5.10 Å². The number of rotatable bonds is 6. The molecule has 1 aromatic heterocycles. The molecule has 0 saturated heterocycles. The second-order valence-electron chi connectivity index (χ2n) is 5.48. The van der Waals surface area contributed by atoms with E-state index in [0.717, 1.165) is 30.6 Å². The first-order valence-electron chi connectivity index (χ1n) is 7.50. The Bertz CT molecular complexity index is 604. The molecule has 1 N–H and O–H groups in total. The van der Waals surface area contributed by atoms with Crippen molar-refractivity contribution in [3.05, 3.63) is 52.6 Å². The number of halogens is 1. The topological polar surface area (TPSA) is 29.9 Å². The molecule has 2 aromatic rings. The summed E-state index contributed by atoms with van der Waals surface area (Å²) in [6.45, 7) is 7.09. The Morgan fingerprint density at radius 1 is 1.33 bits per heavy atom. The molecule has 0 saturated carbocycles. The molecular formula is C17H24FN3. The molecule has 0 aliphatic heterocycles. The van der Waals surface area contributed by atoms with Gasteiger partial charge in [0.15, 0.2) is 0 Å². The molecule has 0 bridgehead atoms. The summed E-state index contributed by atoms with van der Waals surface area (Å²) >= 11 is 0. The zero-order valence-electron chi connectivity index (χ0n) is 13.3. The Morgan fingerprint density at radius 3 is 2.67 bits per heavy atom. The maximum absolute atomic E-state index is 13.4. The van der Waals surface area contributed by atoms with Crippen LogP contribution in [-0.2, 0) is 13.5 Å². The van der Waals surface area contributed by atoms with E-state index >= 15 is 0 Å². The summed E-state index contributed by atoms with van der Waals surface area (Å²) in [5.41, 5.74) is 4.61. The molecule has 0 spiro atoms. The lowest BCUT2D eigenvalue weighted by atomic mass is 9.98. The molecule has 0 radical (unpaired) electrons. The van der Waals surface area contributed by atoms with Crippen molar-refractivity contribution in [3.8, 4) is 0 Å². The van der Waals surface area contributed by atoms with Gasteiger partial charge < -0.3 is 5.32 Å². The Labute approximate surface area is 126 Å². The normalized spacial score (nSPS) is 12.6. The Morgan fingerprint density at radius 2 is 2.10 bits per heavy atom. The zero-order valence-corrected chi connectivity index (χ0v) is 13.3. The maximum Gasteiger partial charge on any atom is 0.123 e. The molecule has 0 aliphatic rings. The Kier molecular flexibility index (Phi) is 5.12. The van der Waals surface area contributed by atoms with Crippen molar-refractivity contribution in [2.75, 3.05) is 6.54 Å². The predicted molar refractivity (Wildman–Crippen MR) is 83.8 cm³/mol. The molecule has 21 heavy (non-hydrogen) atoms. The quantitative estimate of drug-likeness (QED) is 0.882. The van der Waals surface area contributed by atoms with Crippen molar-refractivity contribution in [3.63, 3.8) is 0 Å². The highest BCUT2D eigenvalue weighted by Gasteiger charge is 2.15. The Hall–Kier alpha value is -1.68. The lowest BCUT2D eigenvalue weighted by Crippen LogP contribution is -2.21. The van der Waals surface area contributed by atoms with Crippen molar-refractivity contribution in [1.29, 1.82) is 0 Å². The number of nitrogens with one attached hydrogen (secondary N) is 1. The highest BCUT2D eigenvalue weighted by Crippen LogP contribution is 2.22. The van der Waals surface area contributed by atoms with E-state index in [2.05, 4.69) is 24.3 Å². The SMILES string of the molecule is CCNC(CCc1c(C)nn(C)c1C)c1cccc(F)c1. The van der Waals surface area contributed by atoms with Crippen LogP contribution in [-0.4, -0.2) is 16.3 Å². The van der Waals surface area contributed by atoms with Gasteiger partial charge in [-0.05, 0) is 56.5 Å². The standard InChI is InChI=1S/C17H24FN3/c1-5-19-17(14-7-6-8-15(18)11-14)10-9-16-12(2)20-21(4)13(16)3/h6-8,11,17,19H,5,9-10H2,1-4H3. The predicted octanol–water partition coefficient (Wildman–Crippen LogP) is 3.46. The molecule has 1 heterocycles. The van der Waals surface area contributed by atoms with E-state index in [0.29, 0.717) is 0 Å². The molecule has 0 aliphatic carbocycles.